The van der Waals surface area contributed by atoms with Crippen molar-refractivity contribution >= 4 is 0 Å². The summed E-state index contributed by atoms with van der Waals surface area (Å²) in [7, 11) is 0. The highest BCUT2D eigenvalue weighted by atomic mass is 14.6. The lowest BCUT2D eigenvalue weighted by atomic mass is 9.45. The summed E-state index contributed by atoms with van der Waals surface area (Å²) in [5.74, 6) is 6.64. The van der Waals surface area contributed by atoms with Gasteiger partial charge in [-0.15, -0.1) is 0 Å². The van der Waals surface area contributed by atoms with Crippen LogP contribution in [0.15, 0.2) is 12.2 Å². The van der Waals surface area contributed by atoms with Crippen molar-refractivity contribution in [1.29, 1.82) is 0 Å². The van der Waals surface area contributed by atoms with Crippen LogP contribution in [0.1, 0.15) is 98.8 Å². The number of rotatable bonds is 5. The van der Waals surface area contributed by atoms with E-state index in [1.54, 1.807) is 0 Å². The van der Waals surface area contributed by atoms with Crippen LogP contribution in [0.4, 0.5) is 0 Å². The van der Waals surface area contributed by atoms with Crippen LogP contribution in [0.5, 0.6) is 0 Å². The molecular formula is C27H45. The van der Waals surface area contributed by atoms with Gasteiger partial charge in [0.2, 0.25) is 0 Å². The minimum absolute atomic E-state index is 0.500. The normalized spacial score (nSPS) is 47.4. The van der Waals surface area contributed by atoms with E-state index in [1.807, 2.05) is 0 Å². The van der Waals surface area contributed by atoms with Gasteiger partial charge in [0.05, 0.1) is 0 Å². The van der Waals surface area contributed by atoms with Crippen molar-refractivity contribution in [3.63, 3.8) is 0 Å². The zero-order valence-electron chi connectivity index (χ0n) is 18.8. The largest absolute Gasteiger partial charge is 0.0879 e. The molecule has 4 rings (SSSR count). The Balaban J connectivity index is 1.47. The molecule has 0 heterocycles. The van der Waals surface area contributed by atoms with Gasteiger partial charge in [-0.3, -0.25) is 0 Å². The number of hydrogen-bond donors (Lipinski definition) is 0. The maximum atomic E-state index is 2.73. The molecule has 0 bridgehead atoms. The van der Waals surface area contributed by atoms with Gasteiger partial charge < -0.3 is 0 Å². The molecule has 0 N–H and O–H groups in total. The van der Waals surface area contributed by atoms with Gasteiger partial charge in [-0.1, -0.05) is 66.0 Å². The highest BCUT2D eigenvalue weighted by Crippen LogP contribution is 2.67. The van der Waals surface area contributed by atoms with E-state index < -0.39 is 0 Å². The highest BCUT2D eigenvalue weighted by molar-refractivity contribution is 5.18. The summed E-state index contributed by atoms with van der Waals surface area (Å²) >= 11 is 0. The first-order valence-electron chi connectivity index (χ1n) is 12.4. The first kappa shape index (κ1) is 20.0. The molecule has 0 aromatic carbocycles. The van der Waals surface area contributed by atoms with Crippen molar-refractivity contribution in [2.24, 2.45) is 52.3 Å². The van der Waals surface area contributed by atoms with Crippen molar-refractivity contribution < 1.29 is 0 Å². The summed E-state index contributed by atoms with van der Waals surface area (Å²) in [6, 6.07) is 0. The zero-order chi connectivity index (χ0) is 19.2. The second-order valence-corrected chi connectivity index (χ2v) is 11.8. The summed E-state index contributed by atoms with van der Waals surface area (Å²) < 4.78 is 0. The van der Waals surface area contributed by atoms with E-state index in [0.717, 1.165) is 41.4 Å². The van der Waals surface area contributed by atoms with E-state index >= 15 is 0 Å². The Labute approximate surface area is 170 Å². The fourth-order valence-electron chi connectivity index (χ4n) is 8.62. The topological polar surface area (TPSA) is 0 Å². The van der Waals surface area contributed by atoms with Crippen molar-refractivity contribution in [2.45, 2.75) is 98.8 Å². The summed E-state index contributed by atoms with van der Waals surface area (Å²) in [4.78, 5) is 0. The third-order valence-electron chi connectivity index (χ3n) is 10.1. The summed E-state index contributed by atoms with van der Waals surface area (Å²) in [5.41, 5.74) is 1.14. The van der Waals surface area contributed by atoms with E-state index in [-0.39, 0.29) is 0 Å². The molecule has 153 valence electrons. The van der Waals surface area contributed by atoms with Crippen LogP contribution in [0.3, 0.4) is 0 Å². The Hall–Kier alpha value is -0.260. The second-order valence-electron chi connectivity index (χ2n) is 11.8. The third kappa shape index (κ3) is 3.36. The number of fused-ring (bicyclic) bond motifs is 5. The van der Waals surface area contributed by atoms with E-state index in [0.29, 0.717) is 10.8 Å². The number of hydrogen-bond acceptors (Lipinski definition) is 0. The molecule has 4 aliphatic carbocycles. The van der Waals surface area contributed by atoms with Gasteiger partial charge in [0.25, 0.3) is 0 Å². The molecule has 0 nitrogen and oxygen atoms in total. The molecule has 1 unspecified atom stereocenters. The first-order valence-corrected chi connectivity index (χ1v) is 12.4. The molecular weight excluding hydrogens is 324 g/mol. The molecule has 27 heavy (non-hydrogen) atoms. The van der Waals surface area contributed by atoms with Crippen LogP contribution in [0, 0.1) is 58.7 Å². The molecule has 0 heteroatoms. The minimum Gasteiger partial charge on any atom is -0.0879 e. The Morgan fingerprint density at radius 2 is 1.74 bits per heavy atom. The fourth-order valence-corrected chi connectivity index (χ4v) is 8.62. The monoisotopic (exact) mass is 369 g/mol. The fraction of sp³-hybridized carbons (Fsp3) is 0.889. The molecule has 8 atom stereocenters. The molecule has 0 aliphatic heterocycles. The van der Waals surface area contributed by atoms with Gasteiger partial charge in [-0.2, -0.15) is 0 Å². The molecule has 0 spiro atoms. The van der Waals surface area contributed by atoms with Crippen molar-refractivity contribution in [2.75, 3.05) is 0 Å². The average Bonchev–Trinajstić information content (AvgIpc) is 2.98. The van der Waals surface area contributed by atoms with Gasteiger partial charge in [0, 0.05) is 0 Å². The lowest BCUT2D eigenvalue weighted by Gasteiger charge is -2.59. The minimum atomic E-state index is 0.500. The molecule has 0 aromatic heterocycles. The molecule has 0 saturated heterocycles. The Morgan fingerprint density at radius 3 is 2.52 bits per heavy atom. The summed E-state index contributed by atoms with van der Waals surface area (Å²) in [6.45, 7) is 12.7. The predicted octanol–water partition coefficient (Wildman–Crippen LogP) is 8.09. The van der Waals surface area contributed by atoms with Gasteiger partial charge in [-0.25, -0.2) is 0 Å². The molecule has 4 aliphatic rings. The molecule has 0 amide bonds. The Bertz CT molecular complexity index is 544. The standard InChI is InChI=1S/C27H45/c1-19(2)9-8-10-20(3)23-14-15-24-22-13-12-21-11-6-7-17-26(21,4)25(22)16-18-27(23,24)5/h6,11,17,19-25H,7-10,12-16,18H2,1-5H3/t20-,21?,22+,23-,24+,25+,26+,27-/m1/s1. The van der Waals surface area contributed by atoms with Gasteiger partial charge >= 0.3 is 0 Å². The van der Waals surface area contributed by atoms with Crippen molar-refractivity contribution in [1.82, 2.24) is 0 Å². The Morgan fingerprint density at radius 1 is 0.926 bits per heavy atom. The molecule has 3 fully saturated rings. The zero-order valence-corrected chi connectivity index (χ0v) is 18.8. The van der Waals surface area contributed by atoms with Gasteiger partial charge in [0.15, 0.2) is 0 Å². The first-order chi connectivity index (χ1) is 12.9. The predicted molar refractivity (Wildman–Crippen MR) is 117 cm³/mol. The quantitative estimate of drug-likeness (QED) is 0.429. The lowest BCUT2D eigenvalue weighted by molar-refractivity contribution is -0.0802. The number of allylic oxidation sites excluding steroid dienone is 2. The smallest absolute Gasteiger partial charge is 0.0174 e. The van der Waals surface area contributed by atoms with Crippen molar-refractivity contribution in [3.8, 4) is 0 Å². The van der Waals surface area contributed by atoms with Crippen LogP contribution < -0.4 is 0 Å². The van der Waals surface area contributed by atoms with E-state index in [4.69, 9.17) is 0 Å². The third-order valence-corrected chi connectivity index (χ3v) is 10.1. The molecule has 0 aromatic rings. The van der Waals surface area contributed by atoms with Gasteiger partial charge in [0.1, 0.15) is 0 Å². The second kappa shape index (κ2) is 7.53. The Kier molecular flexibility index (Phi) is 5.59. The van der Waals surface area contributed by atoms with Gasteiger partial charge in [-0.05, 0) is 104 Å². The average molecular weight is 370 g/mol. The van der Waals surface area contributed by atoms with Crippen LogP contribution >= 0.6 is 0 Å². The maximum Gasteiger partial charge on any atom is -0.0174 e. The SMILES string of the molecule is CC(C)CCC[C@@H](C)[C@H]1CC[C@H]2[C@@H]3CCC4C=CC[CH][C@]4(C)[C@H]3CC[C@]12C. The summed E-state index contributed by atoms with van der Waals surface area (Å²) in [5, 5.41) is 0. The maximum absolute atomic E-state index is 2.73. The van der Waals surface area contributed by atoms with E-state index in [1.165, 1.54) is 64.2 Å². The molecule has 1 radical (unpaired) electrons. The van der Waals surface area contributed by atoms with Crippen LogP contribution in [0.25, 0.3) is 0 Å². The summed E-state index contributed by atoms with van der Waals surface area (Å²) in [6.07, 6.45) is 22.3. The van der Waals surface area contributed by atoms with E-state index in [2.05, 4.69) is 53.2 Å². The van der Waals surface area contributed by atoms with Crippen LogP contribution in [-0.2, 0) is 0 Å². The van der Waals surface area contributed by atoms with Crippen LogP contribution in [0.2, 0.25) is 0 Å². The lowest BCUT2D eigenvalue weighted by Crippen LogP contribution is -2.52. The van der Waals surface area contributed by atoms with E-state index in [9.17, 15) is 0 Å². The van der Waals surface area contributed by atoms with Crippen LogP contribution in [-0.4, -0.2) is 0 Å². The van der Waals surface area contributed by atoms with Crippen molar-refractivity contribution in [3.05, 3.63) is 18.6 Å². The highest BCUT2D eigenvalue weighted by Gasteiger charge is 2.59. The molecule has 3 saturated carbocycles.